The molecule has 0 N–H and O–H groups in total. The van der Waals surface area contributed by atoms with Crippen molar-refractivity contribution in [3.8, 4) is 0 Å². The SMILES string of the molecule is O=C(CBr)c1cc(I)c([N+](=O)[O-])cc1C(F)(F)F. The Labute approximate surface area is 121 Å². The number of halogens is 5. The van der Waals surface area contributed by atoms with Gasteiger partial charge in [0.2, 0.25) is 0 Å². The summed E-state index contributed by atoms with van der Waals surface area (Å²) >= 11 is 4.29. The molecule has 0 aliphatic heterocycles. The third-order valence-corrected chi connectivity index (χ3v) is 3.38. The van der Waals surface area contributed by atoms with E-state index in [0.717, 1.165) is 6.07 Å². The molecule has 0 heterocycles. The van der Waals surface area contributed by atoms with Crippen LogP contribution in [-0.2, 0) is 6.18 Å². The summed E-state index contributed by atoms with van der Waals surface area (Å²) in [4.78, 5) is 21.1. The largest absolute Gasteiger partial charge is 0.417 e. The van der Waals surface area contributed by atoms with Crippen molar-refractivity contribution in [1.29, 1.82) is 0 Å². The van der Waals surface area contributed by atoms with Gasteiger partial charge in [0.1, 0.15) is 0 Å². The first kappa shape index (κ1) is 15.3. The second kappa shape index (κ2) is 5.51. The molecular weight excluding hydrogens is 434 g/mol. The van der Waals surface area contributed by atoms with Gasteiger partial charge in [0.25, 0.3) is 5.69 Å². The molecule has 0 saturated heterocycles. The van der Waals surface area contributed by atoms with Gasteiger partial charge < -0.3 is 0 Å². The molecule has 0 amide bonds. The van der Waals surface area contributed by atoms with Crippen LogP contribution in [0.3, 0.4) is 0 Å². The molecule has 0 saturated carbocycles. The molecule has 0 unspecified atom stereocenters. The third kappa shape index (κ3) is 3.19. The lowest BCUT2D eigenvalue weighted by molar-refractivity contribution is -0.386. The van der Waals surface area contributed by atoms with Crippen LogP contribution in [0.25, 0.3) is 0 Å². The standard InChI is InChI=1S/C9H4BrF3INO3/c10-3-8(16)4-1-6(14)7(15(17)18)2-5(4)9(11,12)13/h1-2H,3H2. The Morgan fingerprint density at radius 2 is 2.00 bits per heavy atom. The highest BCUT2D eigenvalue weighted by atomic mass is 127. The van der Waals surface area contributed by atoms with E-state index in [2.05, 4.69) is 15.9 Å². The summed E-state index contributed by atoms with van der Waals surface area (Å²) < 4.78 is 38.2. The summed E-state index contributed by atoms with van der Waals surface area (Å²) in [7, 11) is 0. The van der Waals surface area contributed by atoms with Gasteiger partial charge in [-0.1, -0.05) is 15.9 Å². The maximum absolute atomic E-state index is 12.7. The van der Waals surface area contributed by atoms with Crippen molar-refractivity contribution in [3.63, 3.8) is 0 Å². The third-order valence-electron chi connectivity index (χ3n) is 2.01. The topological polar surface area (TPSA) is 60.2 Å². The van der Waals surface area contributed by atoms with Crippen LogP contribution >= 0.6 is 38.5 Å². The van der Waals surface area contributed by atoms with E-state index in [1.54, 1.807) is 0 Å². The Morgan fingerprint density at radius 1 is 1.44 bits per heavy atom. The Kier molecular flexibility index (Phi) is 4.70. The summed E-state index contributed by atoms with van der Waals surface area (Å²) in [6.45, 7) is 0. The van der Waals surface area contributed by atoms with E-state index in [-0.39, 0.29) is 8.90 Å². The number of carbonyl (C=O) groups excluding carboxylic acids is 1. The highest BCUT2D eigenvalue weighted by molar-refractivity contribution is 14.1. The number of alkyl halides is 4. The Bertz CT molecular complexity index is 519. The predicted octanol–water partition coefficient (Wildman–Crippen LogP) is 3.80. The molecule has 0 bridgehead atoms. The number of carbonyl (C=O) groups is 1. The highest BCUT2D eigenvalue weighted by Crippen LogP contribution is 2.36. The Balaban J connectivity index is 3.57. The first-order valence-electron chi connectivity index (χ1n) is 4.32. The number of Topliss-reactive ketones (excluding diaryl/α,β-unsaturated/α-hetero) is 1. The Hall–Kier alpha value is -0.710. The smallest absolute Gasteiger partial charge is 0.293 e. The molecule has 0 spiro atoms. The molecule has 1 aromatic carbocycles. The second-order valence-electron chi connectivity index (χ2n) is 3.16. The van der Waals surface area contributed by atoms with E-state index in [4.69, 9.17) is 0 Å². The molecule has 4 nitrogen and oxygen atoms in total. The van der Waals surface area contributed by atoms with Crippen LogP contribution in [0.1, 0.15) is 15.9 Å². The molecule has 9 heteroatoms. The summed E-state index contributed by atoms with van der Waals surface area (Å²) in [5, 5.41) is 10.3. The summed E-state index contributed by atoms with van der Waals surface area (Å²) in [6, 6.07) is 1.27. The zero-order valence-corrected chi connectivity index (χ0v) is 12.2. The summed E-state index contributed by atoms with van der Waals surface area (Å²) in [6.07, 6.45) is -4.82. The average molecular weight is 438 g/mol. The first-order valence-corrected chi connectivity index (χ1v) is 6.52. The highest BCUT2D eigenvalue weighted by Gasteiger charge is 2.37. The zero-order chi connectivity index (χ0) is 14.1. The number of ketones is 1. The summed E-state index contributed by atoms with van der Waals surface area (Å²) in [5.41, 5.74) is -2.54. The van der Waals surface area contributed by atoms with Crippen molar-refractivity contribution in [3.05, 3.63) is 36.9 Å². The Morgan fingerprint density at radius 3 is 2.39 bits per heavy atom. The molecule has 18 heavy (non-hydrogen) atoms. The molecular formula is C9H4BrF3INO3. The molecule has 0 fully saturated rings. The van der Waals surface area contributed by atoms with E-state index in [9.17, 15) is 28.1 Å². The zero-order valence-electron chi connectivity index (χ0n) is 8.42. The molecule has 1 aromatic rings. The first-order chi connectivity index (χ1) is 8.18. The van der Waals surface area contributed by atoms with Gasteiger partial charge in [0.15, 0.2) is 5.78 Å². The van der Waals surface area contributed by atoms with Crippen molar-refractivity contribution in [1.82, 2.24) is 0 Å². The fourth-order valence-electron chi connectivity index (χ4n) is 1.24. The van der Waals surface area contributed by atoms with Gasteiger partial charge in [-0.25, -0.2) is 0 Å². The van der Waals surface area contributed by atoms with Crippen LogP contribution in [0.2, 0.25) is 0 Å². The maximum Gasteiger partial charge on any atom is 0.417 e. The fourth-order valence-corrected chi connectivity index (χ4v) is 2.21. The number of nitro benzene ring substituents is 1. The molecule has 0 aliphatic carbocycles. The molecule has 0 aromatic heterocycles. The van der Waals surface area contributed by atoms with E-state index < -0.39 is 33.7 Å². The maximum atomic E-state index is 12.7. The van der Waals surface area contributed by atoms with Gasteiger partial charge >= 0.3 is 6.18 Å². The molecule has 0 aliphatic rings. The number of nitrogens with zero attached hydrogens (tertiary/aromatic N) is 1. The lowest BCUT2D eigenvalue weighted by Gasteiger charge is -2.11. The average Bonchev–Trinajstić information content (AvgIpc) is 2.25. The van der Waals surface area contributed by atoms with Crippen LogP contribution < -0.4 is 0 Å². The number of nitro groups is 1. The minimum atomic E-state index is -4.82. The van der Waals surface area contributed by atoms with Gasteiger partial charge in [0.05, 0.1) is 19.4 Å². The second-order valence-corrected chi connectivity index (χ2v) is 4.88. The normalized spacial score (nSPS) is 11.4. The van der Waals surface area contributed by atoms with Crippen molar-refractivity contribution in [2.75, 3.05) is 5.33 Å². The lowest BCUT2D eigenvalue weighted by Crippen LogP contribution is -2.15. The van der Waals surface area contributed by atoms with Gasteiger partial charge in [0, 0.05) is 11.6 Å². The van der Waals surface area contributed by atoms with Gasteiger partial charge in [-0.15, -0.1) is 0 Å². The number of hydrogen-bond donors (Lipinski definition) is 0. The van der Waals surface area contributed by atoms with Crippen molar-refractivity contribution in [2.45, 2.75) is 6.18 Å². The van der Waals surface area contributed by atoms with Gasteiger partial charge in [-0.3, -0.25) is 14.9 Å². The molecule has 0 radical (unpaired) electrons. The van der Waals surface area contributed by atoms with Crippen LogP contribution in [0, 0.1) is 13.7 Å². The number of hydrogen-bond acceptors (Lipinski definition) is 3. The number of rotatable bonds is 3. The molecule has 0 atom stereocenters. The van der Waals surface area contributed by atoms with Crippen LogP contribution in [-0.4, -0.2) is 16.0 Å². The summed E-state index contributed by atoms with van der Waals surface area (Å²) in [5.74, 6) is -0.782. The fraction of sp³-hybridized carbons (Fsp3) is 0.222. The predicted molar refractivity (Wildman–Crippen MR) is 68.9 cm³/mol. The van der Waals surface area contributed by atoms with Gasteiger partial charge in [-0.05, 0) is 28.7 Å². The quantitative estimate of drug-likeness (QED) is 0.237. The van der Waals surface area contributed by atoms with Gasteiger partial charge in [-0.2, -0.15) is 13.2 Å². The van der Waals surface area contributed by atoms with E-state index >= 15 is 0 Å². The lowest BCUT2D eigenvalue weighted by atomic mass is 10.0. The van der Waals surface area contributed by atoms with Crippen LogP contribution in [0.5, 0.6) is 0 Å². The monoisotopic (exact) mass is 437 g/mol. The van der Waals surface area contributed by atoms with E-state index in [0.29, 0.717) is 6.07 Å². The minimum absolute atomic E-state index is 0.0186. The van der Waals surface area contributed by atoms with Crippen molar-refractivity contribution >= 4 is 50.0 Å². The minimum Gasteiger partial charge on any atom is -0.293 e. The van der Waals surface area contributed by atoms with E-state index in [1.807, 2.05) is 0 Å². The molecule has 1 rings (SSSR count). The van der Waals surface area contributed by atoms with Crippen molar-refractivity contribution in [2.24, 2.45) is 0 Å². The van der Waals surface area contributed by atoms with Crippen LogP contribution in [0.15, 0.2) is 12.1 Å². The van der Waals surface area contributed by atoms with Crippen LogP contribution in [0.4, 0.5) is 18.9 Å². The number of benzene rings is 1. The van der Waals surface area contributed by atoms with E-state index in [1.165, 1.54) is 22.6 Å². The molecule has 98 valence electrons. The van der Waals surface area contributed by atoms with Crippen molar-refractivity contribution < 1.29 is 22.9 Å².